The Kier molecular flexibility index (Phi) is 5.09. The number of amides is 1. The fourth-order valence-electron chi connectivity index (χ4n) is 2.51. The highest BCUT2D eigenvalue weighted by Crippen LogP contribution is 2.28. The second-order valence-electron chi connectivity index (χ2n) is 5.61. The van der Waals surface area contributed by atoms with Crippen molar-refractivity contribution in [3.8, 4) is 22.8 Å². The first-order valence-electron chi connectivity index (χ1n) is 7.76. The Morgan fingerprint density at radius 2 is 2.04 bits per heavy atom. The van der Waals surface area contributed by atoms with E-state index in [4.69, 9.17) is 26.8 Å². The Morgan fingerprint density at radius 1 is 1.23 bits per heavy atom. The number of nitrogens with zero attached hydrogens (tertiary/aromatic N) is 2. The largest absolute Gasteiger partial charge is 0.496 e. The standard InChI is InChI=1S/C18H17ClN4O3/c1-10-7-13(4-5-14(10)19)26-9-12-8-11(3-6-15(12)25-2)16-17(18(20)24)22-23-21-16/h3-8H,9H2,1-2H3,(H2,20,24)(H,21,22,23). The number of aromatic amines is 1. The molecule has 1 heterocycles. The third-order valence-electron chi connectivity index (χ3n) is 3.86. The number of carbonyl (C=O) groups is 1. The molecule has 0 atom stereocenters. The summed E-state index contributed by atoms with van der Waals surface area (Å²) in [5, 5.41) is 10.9. The highest BCUT2D eigenvalue weighted by molar-refractivity contribution is 6.31. The lowest BCUT2D eigenvalue weighted by Crippen LogP contribution is -2.12. The third-order valence-corrected chi connectivity index (χ3v) is 4.28. The van der Waals surface area contributed by atoms with Gasteiger partial charge >= 0.3 is 0 Å². The van der Waals surface area contributed by atoms with Crippen molar-refractivity contribution in [1.82, 2.24) is 15.4 Å². The summed E-state index contributed by atoms with van der Waals surface area (Å²) < 4.78 is 11.2. The summed E-state index contributed by atoms with van der Waals surface area (Å²) in [6.45, 7) is 2.17. The van der Waals surface area contributed by atoms with E-state index in [1.807, 2.05) is 19.1 Å². The number of methoxy groups -OCH3 is 1. The molecule has 0 aliphatic carbocycles. The van der Waals surface area contributed by atoms with Crippen LogP contribution in [0.2, 0.25) is 5.02 Å². The molecule has 1 aromatic heterocycles. The number of benzene rings is 2. The minimum absolute atomic E-state index is 0.0790. The van der Waals surface area contributed by atoms with Crippen molar-refractivity contribution in [2.45, 2.75) is 13.5 Å². The van der Waals surface area contributed by atoms with Gasteiger partial charge in [0.25, 0.3) is 5.91 Å². The van der Waals surface area contributed by atoms with E-state index >= 15 is 0 Å². The average molecular weight is 373 g/mol. The number of carbonyl (C=O) groups excluding carboxylic acids is 1. The fraction of sp³-hybridized carbons (Fsp3) is 0.167. The quantitative estimate of drug-likeness (QED) is 0.692. The zero-order valence-electron chi connectivity index (χ0n) is 14.2. The molecule has 0 spiro atoms. The predicted octanol–water partition coefficient (Wildman–Crippen LogP) is 3.12. The van der Waals surface area contributed by atoms with Gasteiger partial charge < -0.3 is 15.2 Å². The van der Waals surface area contributed by atoms with Gasteiger partial charge in [0.15, 0.2) is 5.69 Å². The van der Waals surface area contributed by atoms with E-state index in [1.165, 1.54) is 0 Å². The monoisotopic (exact) mass is 372 g/mol. The number of ether oxygens (including phenoxy) is 2. The van der Waals surface area contributed by atoms with Crippen molar-refractivity contribution in [2.75, 3.05) is 7.11 Å². The Morgan fingerprint density at radius 3 is 2.73 bits per heavy atom. The molecule has 26 heavy (non-hydrogen) atoms. The van der Waals surface area contributed by atoms with Crippen LogP contribution in [-0.2, 0) is 6.61 Å². The smallest absolute Gasteiger partial charge is 0.271 e. The van der Waals surface area contributed by atoms with Crippen LogP contribution in [0.25, 0.3) is 11.3 Å². The number of primary amides is 1. The number of hydrogen-bond donors (Lipinski definition) is 2. The van der Waals surface area contributed by atoms with Crippen molar-refractivity contribution in [2.24, 2.45) is 5.73 Å². The molecule has 0 aliphatic heterocycles. The van der Waals surface area contributed by atoms with Crippen LogP contribution in [-0.4, -0.2) is 28.4 Å². The van der Waals surface area contributed by atoms with Crippen LogP contribution >= 0.6 is 11.6 Å². The first-order chi connectivity index (χ1) is 12.5. The molecular weight excluding hydrogens is 356 g/mol. The summed E-state index contributed by atoms with van der Waals surface area (Å²) in [5.74, 6) is 0.696. The van der Waals surface area contributed by atoms with Gasteiger partial charge in [0.1, 0.15) is 23.8 Å². The van der Waals surface area contributed by atoms with Crippen molar-refractivity contribution >= 4 is 17.5 Å². The average Bonchev–Trinajstić information content (AvgIpc) is 3.12. The van der Waals surface area contributed by atoms with Gasteiger partial charge in [-0.2, -0.15) is 15.4 Å². The summed E-state index contributed by atoms with van der Waals surface area (Å²) in [4.78, 5) is 11.5. The zero-order valence-corrected chi connectivity index (χ0v) is 15.0. The Hall–Kier alpha value is -3.06. The summed E-state index contributed by atoms with van der Waals surface area (Å²) in [5.41, 5.74) is 8.18. The summed E-state index contributed by atoms with van der Waals surface area (Å²) in [7, 11) is 1.58. The predicted molar refractivity (Wildman–Crippen MR) is 97.4 cm³/mol. The second kappa shape index (κ2) is 7.45. The van der Waals surface area contributed by atoms with Crippen molar-refractivity contribution in [1.29, 1.82) is 0 Å². The molecule has 0 bridgehead atoms. The molecule has 2 aromatic carbocycles. The van der Waals surface area contributed by atoms with E-state index in [2.05, 4.69) is 15.4 Å². The third kappa shape index (κ3) is 3.62. The number of rotatable bonds is 6. The minimum atomic E-state index is -0.654. The molecule has 3 N–H and O–H groups in total. The van der Waals surface area contributed by atoms with Gasteiger partial charge in [-0.15, -0.1) is 0 Å². The first kappa shape index (κ1) is 17.8. The van der Waals surface area contributed by atoms with Gasteiger partial charge in [0.2, 0.25) is 0 Å². The molecule has 3 rings (SSSR count). The molecule has 0 aliphatic rings. The molecule has 0 saturated carbocycles. The van der Waals surface area contributed by atoms with E-state index < -0.39 is 5.91 Å². The molecular formula is C18H17ClN4O3. The molecule has 1 amide bonds. The number of nitrogens with two attached hydrogens (primary N) is 1. The molecule has 0 unspecified atom stereocenters. The second-order valence-corrected chi connectivity index (χ2v) is 6.02. The number of nitrogens with one attached hydrogen (secondary N) is 1. The molecule has 8 heteroatoms. The molecule has 0 saturated heterocycles. The number of hydrogen-bond acceptors (Lipinski definition) is 5. The van der Waals surface area contributed by atoms with Crippen LogP contribution in [0.4, 0.5) is 0 Å². The first-order valence-corrected chi connectivity index (χ1v) is 8.14. The van der Waals surface area contributed by atoms with Crippen LogP contribution in [0.1, 0.15) is 21.6 Å². The van der Waals surface area contributed by atoms with Crippen molar-refractivity contribution in [3.63, 3.8) is 0 Å². The van der Waals surface area contributed by atoms with Gasteiger partial charge in [0.05, 0.1) is 7.11 Å². The lowest BCUT2D eigenvalue weighted by atomic mass is 10.1. The zero-order chi connectivity index (χ0) is 18.7. The van der Waals surface area contributed by atoms with Crippen molar-refractivity contribution in [3.05, 3.63) is 58.2 Å². The normalized spacial score (nSPS) is 10.6. The van der Waals surface area contributed by atoms with E-state index in [9.17, 15) is 4.79 Å². The minimum Gasteiger partial charge on any atom is -0.496 e. The lowest BCUT2D eigenvalue weighted by molar-refractivity contribution is 0.0996. The maximum atomic E-state index is 11.5. The van der Waals surface area contributed by atoms with Gasteiger partial charge in [-0.3, -0.25) is 4.79 Å². The summed E-state index contributed by atoms with van der Waals surface area (Å²) >= 11 is 6.03. The van der Waals surface area contributed by atoms with E-state index in [1.54, 1.807) is 31.4 Å². The number of aromatic nitrogens is 3. The van der Waals surface area contributed by atoms with Crippen LogP contribution in [0.3, 0.4) is 0 Å². The number of aryl methyl sites for hydroxylation is 1. The summed E-state index contributed by atoms with van der Waals surface area (Å²) in [6, 6.07) is 10.8. The molecule has 7 nitrogen and oxygen atoms in total. The highest BCUT2D eigenvalue weighted by Gasteiger charge is 2.17. The number of halogens is 1. The topological polar surface area (TPSA) is 103 Å². The van der Waals surface area contributed by atoms with Gasteiger partial charge in [-0.25, -0.2) is 0 Å². The molecule has 134 valence electrons. The van der Waals surface area contributed by atoms with Crippen LogP contribution in [0, 0.1) is 6.92 Å². The SMILES string of the molecule is COc1ccc(-c2n[nH]nc2C(N)=O)cc1COc1ccc(Cl)c(C)c1. The molecule has 0 fully saturated rings. The fourth-order valence-corrected chi connectivity index (χ4v) is 2.63. The Labute approximate surface area is 155 Å². The van der Waals surface area contributed by atoms with E-state index in [0.29, 0.717) is 27.8 Å². The van der Waals surface area contributed by atoms with Gasteiger partial charge in [0, 0.05) is 16.1 Å². The highest BCUT2D eigenvalue weighted by atomic mass is 35.5. The lowest BCUT2D eigenvalue weighted by Gasteiger charge is -2.12. The van der Waals surface area contributed by atoms with Crippen LogP contribution in [0.15, 0.2) is 36.4 Å². The summed E-state index contributed by atoms with van der Waals surface area (Å²) in [6.07, 6.45) is 0. The van der Waals surface area contributed by atoms with E-state index in [0.717, 1.165) is 11.1 Å². The molecule has 3 aromatic rings. The molecule has 0 radical (unpaired) electrons. The van der Waals surface area contributed by atoms with Crippen LogP contribution in [0.5, 0.6) is 11.5 Å². The maximum absolute atomic E-state index is 11.5. The van der Waals surface area contributed by atoms with E-state index in [-0.39, 0.29) is 12.3 Å². The Balaban J connectivity index is 1.89. The van der Waals surface area contributed by atoms with Crippen LogP contribution < -0.4 is 15.2 Å². The number of H-pyrrole nitrogens is 1. The van der Waals surface area contributed by atoms with Gasteiger partial charge in [-0.05, 0) is 48.9 Å². The van der Waals surface area contributed by atoms with Crippen molar-refractivity contribution < 1.29 is 14.3 Å². The maximum Gasteiger partial charge on any atom is 0.271 e. The Bertz CT molecular complexity index is 955. The van der Waals surface area contributed by atoms with Gasteiger partial charge in [-0.1, -0.05) is 11.6 Å².